The molecule has 2 aliphatic rings. The first-order valence-electron chi connectivity index (χ1n) is 7.35. The molecule has 2 nitrogen and oxygen atoms in total. The predicted octanol–water partition coefficient (Wildman–Crippen LogP) is 2.64. The molecule has 0 amide bonds. The Morgan fingerprint density at radius 3 is 2.56 bits per heavy atom. The monoisotopic (exact) mass is 224 g/mol. The Kier molecular flexibility index (Phi) is 5.11. The average molecular weight is 224 g/mol. The van der Waals surface area contributed by atoms with Gasteiger partial charge in [0.2, 0.25) is 0 Å². The van der Waals surface area contributed by atoms with E-state index < -0.39 is 0 Å². The topological polar surface area (TPSA) is 15.3 Å². The van der Waals surface area contributed by atoms with Crippen molar-refractivity contribution in [3.8, 4) is 0 Å². The maximum Gasteiger partial charge on any atom is 0.0220 e. The van der Waals surface area contributed by atoms with Gasteiger partial charge >= 0.3 is 0 Å². The third kappa shape index (κ3) is 3.46. The summed E-state index contributed by atoms with van der Waals surface area (Å²) in [6.45, 7) is 7.35. The van der Waals surface area contributed by atoms with Crippen LogP contribution in [0.4, 0.5) is 0 Å². The van der Waals surface area contributed by atoms with Crippen molar-refractivity contribution in [3.63, 3.8) is 0 Å². The zero-order valence-corrected chi connectivity index (χ0v) is 10.9. The van der Waals surface area contributed by atoms with E-state index in [1.807, 2.05) is 0 Å². The lowest BCUT2D eigenvalue weighted by molar-refractivity contribution is 0.251. The number of hydrogen-bond acceptors (Lipinski definition) is 2. The molecule has 16 heavy (non-hydrogen) atoms. The van der Waals surface area contributed by atoms with Gasteiger partial charge in [0.15, 0.2) is 0 Å². The summed E-state index contributed by atoms with van der Waals surface area (Å²) in [6.07, 6.45) is 10.2. The van der Waals surface area contributed by atoms with Crippen molar-refractivity contribution in [1.29, 1.82) is 0 Å². The van der Waals surface area contributed by atoms with Crippen molar-refractivity contribution < 1.29 is 0 Å². The SMILES string of the molecule is CCN1CCC[C@H]1CNCC1CCCCC1. The molecule has 1 N–H and O–H groups in total. The molecule has 1 saturated carbocycles. The number of likely N-dealkylation sites (tertiary alicyclic amines) is 1. The van der Waals surface area contributed by atoms with E-state index in [9.17, 15) is 0 Å². The molecule has 0 spiro atoms. The van der Waals surface area contributed by atoms with Gasteiger partial charge in [0.1, 0.15) is 0 Å². The first-order valence-corrected chi connectivity index (χ1v) is 7.35. The van der Waals surface area contributed by atoms with E-state index in [1.54, 1.807) is 0 Å². The van der Waals surface area contributed by atoms with Crippen LogP contribution < -0.4 is 5.32 Å². The number of rotatable bonds is 5. The van der Waals surface area contributed by atoms with Gasteiger partial charge in [-0.2, -0.15) is 0 Å². The van der Waals surface area contributed by atoms with Crippen molar-refractivity contribution >= 4 is 0 Å². The Bertz CT molecular complexity index is 187. The highest BCUT2D eigenvalue weighted by Gasteiger charge is 2.22. The Morgan fingerprint density at radius 1 is 1.00 bits per heavy atom. The van der Waals surface area contributed by atoms with Crippen LogP contribution in [-0.2, 0) is 0 Å². The molecular weight excluding hydrogens is 196 g/mol. The molecule has 0 aromatic rings. The largest absolute Gasteiger partial charge is 0.315 e. The van der Waals surface area contributed by atoms with Crippen molar-refractivity contribution in [3.05, 3.63) is 0 Å². The summed E-state index contributed by atoms with van der Waals surface area (Å²) in [5.74, 6) is 0.977. The third-order valence-corrected chi connectivity index (χ3v) is 4.44. The fourth-order valence-corrected chi connectivity index (χ4v) is 3.39. The quantitative estimate of drug-likeness (QED) is 0.772. The fourth-order valence-electron chi connectivity index (χ4n) is 3.39. The first kappa shape index (κ1) is 12.4. The number of nitrogens with one attached hydrogen (secondary N) is 1. The van der Waals surface area contributed by atoms with E-state index >= 15 is 0 Å². The molecule has 0 radical (unpaired) electrons. The molecule has 1 aliphatic carbocycles. The predicted molar refractivity (Wildman–Crippen MR) is 69.7 cm³/mol. The lowest BCUT2D eigenvalue weighted by atomic mass is 9.89. The smallest absolute Gasteiger partial charge is 0.0220 e. The van der Waals surface area contributed by atoms with Gasteiger partial charge < -0.3 is 5.32 Å². The van der Waals surface area contributed by atoms with Gasteiger partial charge in [-0.15, -0.1) is 0 Å². The van der Waals surface area contributed by atoms with Gasteiger partial charge in [-0.05, 0) is 51.2 Å². The minimum atomic E-state index is 0.827. The van der Waals surface area contributed by atoms with Gasteiger partial charge in [-0.3, -0.25) is 4.90 Å². The maximum absolute atomic E-state index is 3.72. The van der Waals surface area contributed by atoms with Crippen LogP contribution in [0, 0.1) is 5.92 Å². The Labute approximate surface area is 101 Å². The van der Waals surface area contributed by atoms with Crippen molar-refractivity contribution in [2.24, 2.45) is 5.92 Å². The zero-order valence-electron chi connectivity index (χ0n) is 10.9. The van der Waals surface area contributed by atoms with Crippen LogP contribution >= 0.6 is 0 Å². The van der Waals surface area contributed by atoms with Crippen LogP contribution in [0.3, 0.4) is 0 Å². The number of likely N-dealkylation sites (N-methyl/N-ethyl adjacent to an activating group) is 1. The highest BCUT2D eigenvalue weighted by Crippen LogP contribution is 2.23. The van der Waals surface area contributed by atoms with E-state index in [-0.39, 0.29) is 0 Å². The average Bonchev–Trinajstić information content (AvgIpc) is 2.78. The van der Waals surface area contributed by atoms with E-state index in [4.69, 9.17) is 0 Å². The second kappa shape index (κ2) is 6.61. The summed E-state index contributed by atoms with van der Waals surface area (Å²) in [4.78, 5) is 2.63. The van der Waals surface area contributed by atoms with Crippen LogP contribution in [0.2, 0.25) is 0 Å². The summed E-state index contributed by atoms with van der Waals surface area (Å²) in [5, 5.41) is 3.72. The summed E-state index contributed by atoms with van der Waals surface area (Å²) in [5.41, 5.74) is 0. The highest BCUT2D eigenvalue weighted by atomic mass is 15.2. The highest BCUT2D eigenvalue weighted by molar-refractivity contribution is 4.80. The minimum Gasteiger partial charge on any atom is -0.315 e. The van der Waals surface area contributed by atoms with Gasteiger partial charge in [0, 0.05) is 12.6 Å². The summed E-state index contributed by atoms with van der Waals surface area (Å²) in [7, 11) is 0. The number of hydrogen-bond donors (Lipinski definition) is 1. The van der Waals surface area contributed by atoms with Crippen LogP contribution in [0.5, 0.6) is 0 Å². The molecular formula is C14H28N2. The molecule has 2 heteroatoms. The molecule has 2 rings (SSSR count). The van der Waals surface area contributed by atoms with E-state index in [1.165, 1.54) is 71.1 Å². The Hall–Kier alpha value is -0.0800. The molecule has 2 fully saturated rings. The Balaban J connectivity index is 1.59. The molecule has 0 aromatic carbocycles. The van der Waals surface area contributed by atoms with E-state index in [0.29, 0.717) is 0 Å². The number of nitrogens with zero attached hydrogens (tertiary/aromatic N) is 1. The van der Waals surface area contributed by atoms with E-state index in [0.717, 1.165) is 12.0 Å². The molecule has 1 atom stereocenters. The van der Waals surface area contributed by atoms with Crippen LogP contribution in [0.15, 0.2) is 0 Å². The van der Waals surface area contributed by atoms with Gasteiger partial charge in [0.25, 0.3) is 0 Å². The van der Waals surface area contributed by atoms with Crippen LogP contribution in [0.25, 0.3) is 0 Å². The second-order valence-corrected chi connectivity index (χ2v) is 5.59. The molecule has 0 bridgehead atoms. The minimum absolute atomic E-state index is 0.827. The maximum atomic E-state index is 3.72. The molecule has 1 saturated heterocycles. The third-order valence-electron chi connectivity index (χ3n) is 4.44. The summed E-state index contributed by atoms with van der Waals surface area (Å²) < 4.78 is 0. The molecule has 1 aliphatic heterocycles. The first-order chi connectivity index (χ1) is 7.90. The van der Waals surface area contributed by atoms with Crippen molar-refractivity contribution in [2.75, 3.05) is 26.2 Å². The molecule has 94 valence electrons. The lowest BCUT2D eigenvalue weighted by Crippen LogP contribution is -2.39. The van der Waals surface area contributed by atoms with Gasteiger partial charge in [-0.25, -0.2) is 0 Å². The summed E-state index contributed by atoms with van der Waals surface area (Å²) in [6, 6.07) is 0.827. The standard InChI is InChI=1S/C14H28N2/c1-2-16-10-6-9-14(16)12-15-11-13-7-4-3-5-8-13/h13-15H,2-12H2,1H3/t14-/m0/s1. The lowest BCUT2D eigenvalue weighted by Gasteiger charge is -2.26. The second-order valence-electron chi connectivity index (χ2n) is 5.59. The van der Waals surface area contributed by atoms with Crippen LogP contribution in [-0.4, -0.2) is 37.1 Å². The van der Waals surface area contributed by atoms with E-state index in [2.05, 4.69) is 17.1 Å². The molecule has 0 unspecified atom stereocenters. The van der Waals surface area contributed by atoms with Gasteiger partial charge in [-0.1, -0.05) is 26.2 Å². The van der Waals surface area contributed by atoms with Crippen LogP contribution in [0.1, 0.15) is 51.9 Å². The molecule has 0 aromatic heterocycles. The summed E-state index contributed by atoms with van der Waals surface area (Å²) >= 11 is 0. The Morgan fingerprint density at radius 2 is 1.81 bits per heavy atom. The fraction of sp³-hybridized carbons (Fsp3) is 1.00. The molecule has 1 heterocycles. The van der Waals surface area contributed by atoms with Crippen molar-refractivity contribution in [2.45, 2.75) is 57.9 Å². The van der Waals surface area contributed by atoms with Gasteiger partial charge in [0.05, 0.1) is 0 Å². The normalized spacial score (nSPS) is 28.7. The van der Waals surface area contributed by atoms with Crippen molar-refractivity contribution in [1.82, 2.24) is 10.2 Å². The zero-order chi connectivity index (χ0) is 11.2.